The molecule has 0 bridgehead atoms. The maximum absolute atomic E-state index is 8.85. The van der Waals surface area contributed by atoms with Crippen LogP contribution in [0.2, 0.25) is 0 Å². The fourth-order valence-corrected chi connectivity index (χ4v) is 2.25. The van der Waals surface area contributed by atoms with E-state index in [4.69, 9.17) is 5.26 Å². The maximum atomic E-state index is 8.85. The van der Waals surface area contributed by atoms with Crippen LogP contribution < -0.4 is 5.32 Å². The van der Waals surface area contributed by atoms with E-state index in [0.29, 0.717) is 5.56 Å². The van der Waals surface area contributed by atoms with Crippen molar-refractivity contribution < 1.29 is 0 Å². The van der Waals surface area contributed by atoms with Gasteiger partial charge >= 0.3 is 0 Å². The molecule has 0 spiro atoms. The van der Waals surface area contributed by atoms with Crippen LogP contribution in [0.15, 0.2) is 46.9 Å². The highest BCUT2D eigenvalue weighted by molar-refractivity contribution is 9.10. The minimum Gasteiger partial charge on any atom is -0.381 e. The van der Waals surface area contributed by atoms with Crippen LogP contribution >= 0.6 is 15.9 Å². The summed E-state index contributed by atoms with van der Waals surface area (Å²) in [5, 5.41) is 12.2. The van der Waals surface area contributed by atoms with E-state index in [1.54, 1.807) is 0 Å². The van der Waals surface area contributed by atoms with Gasteiger partial charge < -0.3 is 5.32 Å². The summed E-state index contributed by atoms with van der Waals surface area (Å²) in [5.41, 5.74) is 4.11. The average Bonchev–Trinajstić information content (AvgIpc) is 2.38. The van der Waals surface area contributed by atoms with Crippen molar-refractivity contribution in [2.45, 2.75) is 13.5 Å². The fraction of sp³-hybridized carbons (Fsp3) is 0.133. The zero-order valence-corrected chi connectivity index (χ0v) is 11.7. The molecule has 0 unspecified atom stereocenters. The second kappa shape index (κ2) is 5.70. The molecule has 0 fully saturated rings. The summed E-state index contributed by atoms with van der Waals surface area (Å²) >= 11 is 3.45. The van der Waals surface area contributed by atoms with Gasteiger partial charge in [0.15, 0.2) is 0 Å². The molecule has 0 saturated heterocycles. The summed E-state index contributed by atoms with van der Waals surface area (Å²) in [5.74, 6) is 0. The molecule has 2 rings (SSSR count). The van der Waals surface area contributed by atoms with Gasteiger partial charge in [-0.25, -0.2) is 0 Å². The Bertz CT molecular complexity index is 600. The summed E-state index contributed by atoms with van der Waals surface area (Å²) < 4.78 is 1.08. The van der Waals surface area contributed by atoms with Gasteiger partial charge in [-0.2, -0.15) is 5.26 Å². The number of nitriles is 1. The van der Waals surface area contributed by atoms with E-state index in [9.17, 15) is 0 Å². The van der Waals surface area contributed by atoms with Crippen molar-refractivity contribution in [1.29, 1.82) is 5.26 Å². The van der Waals surface area contributed by atoms with Crippen LogP contribution in [-0.2, 0) is 6.54 Å². The van der Waals surface area contributed by atoms with Gasteiger partial charge in [0.1, 0.15) is 0 Å². The molecule has 0 aliphatic rings. The van der Waals surface area contributed by atoms with Gasteiger partial charge in [0.25, 0.3) is 0 Å². The highest BCUT2D eigenvalue weighted by Gasteiger charge is 1.99. The number of rotatable bonds is 3. The number of anilines is 1. The highest BCUT2D eigenvalue weighted by atomic mass is 79.9. The smallest absolute Gasteiger partial charge is 0.0991 e. The first-order valence-electron chi connectivity index (χ1n) is 5.68. The summed E-state index contributed by atoms with van der Waals surface area (Å²) in [4.78, 5) is 0. The quantitative estimate of drug-likeness (QED) is 0.920. The number of aryl methyl sites for hydroxylation is 1. The minimum atomic E-state index is 0.696. The molecule has 3 heteroatoms. The molecule has 0 aromatic heterocycles. The largest absolute Gasteiger partial charge is 0.381 e. The van der Waals surface area contributed by atoms with Gasteiger partial charge in [0.2, 0.25) is 0 Å². The van der Waals surface area contributed by atoms with Gasteiger partial charge in [-0.05, 0) is 48.4 Å². The number of hydrogen-bond acceptors (Lipinski definition) is 2. The lowest BCUT2D eigenvalue weighted by Gasteiger charge is -2.10. The standard InChI is InChI=1S/C15H13BrN2/c1-11-7-14(16)5-6-15(11)18-10-13-4-2-3-12(8-13)9-17/h2-8,18H,10H2,1H3. The van der Waals surface area contributed by atoms with Crippen molar-refractivity contribution in [2.24, 2.45) is 0 Å². The Labute approximate surface area is 115 Å². The molecule has 2 aromatic rings. The van der Waals surface area contributed by atoms with Crippen LogP contribution in [-0.4, -0.2) is 0 Å². The van der Waals surface area contributed by atoms with E-state index in [1.165, 1.54) is 5.56 Å². The van der Waals surface area contributed by atoms with Crippen molar-refractivity contribution in [2.75, 3.05) is 5.32 Å². The first-order chi connectivity index (χ1) is 8.69. The van der Waals surface area contributed by atoms with E-state index in [2.05, 4.69) is 40.3 Å². The summed E-state index contributed by atoms with van der Waals surface area (Å²) in [6.07, 6.45) is 0. The Kier molecular flexibility index (Phi) is 4.01. The van der Waals surface area contributed by atoms with Crippen LogP contribution in [0.4, 0.5) is 5.69 Å². The van der Waals surface area contributed by atoms with Crippen LogP contribution in [0.5, 0.6) is 0 Å². The number of halogens is 1. The predicted octanol–water partition coefficient (Wildman–Crippen LogP) is 4.24. The van der Waals surface area contributed by atoms with Crippen LogP contribution in [0, 0.1) is 18.3 Å². The second-order valence-corrected chi connectivity index (χ2v) is 5.04. The summed E-state index contributed by atoms with van der Waals surface area (Å²) in [6, 6.07) is 15.9. The summed E-state index contributed by atoms with van der Waals surface area (Å²) in [6.45, 7) is 2.79. The average molecular weight is 301 g/mol. The molecule has 0 saturated carbocycles. The van der Waals surface area contributed by atoms with E-state index in [1.807, 2.05) is 36.4 Å². The molecule has 0 radical (unpaired) electrons. The van der Waals surface area contributed by atoms with E-state index in [-0.39, 0.29) is 0 Å². The molecular weight excluding hydrogens is 288 g/mol. The van der Waals surface area contributed by atoms with Crippen LogP contribution in [0.25, 0.3) is 0 Å². The molecule has 0 aliphatic carbocycles. The molecule has 0 amide bonds. The molecule has 1 N–H and O–H groups in total. The molecule has 0 atom stereocenters. The Morgan fingerprint density at radius 1 is 1.22 bits per heavy atom. The molecule has 2 nitrogen and oxygen atoms in total. The Morgan fingerprint density at radius 3 is 2.78 bits per heavy atom. The molecule has 0 aliphatic heterocycles. The lowest BCUT2D eigenvalue weighted by Crippen LogP contribution is -2.01. The molecule has 18 heavy (non-hydrogen) atoms. The van der Waals surface area contributed by atoms with E-state index >= 15 is 0 Å². The van der Waals surface area contributed by atoms with Crippen molar-refractivity contribution in [3.63, 3.8) is 0 Å². The van der Waals surface area contributed by atoms with Crippen LogP contribution in [0.3, 0.4) is 0 Å². The number of nitrogens with one attached hydrogen (secondary N) is 1. The van der Waals surface area contributed by atoms with Gasteiger partial charge in [-0.15, -0.1) is 0 Å². The first-order valence-corrected chi connectivity index (χ1v) is 6.47. The Balaban J connectivity index is 2.09. The van der Waals surface area contributed by atoms with Crippen LogP contribution in [0.1, 0.15) is 16.7 Å². The van der Waals surface area contributed by atoms with E-state index < -0.39 is 0 Å². The third kappa shape index (κ3) is 3.12. The third-order valence-corrected chi connectivity index (χ3v) is 3.22. The lowest BCUT2D eigenvalue weighted by atomic mass is 10.1. The zero-order chi connectivity index (χ0) is 13.0. The number of nitrogens with zero attached hydrogens (tertiary/aromatic N) is 1. The molecule has 2 aromatic carbocycles. The van der Waals surface area contributed by atoms with Crippen molar-refractivity contribution in [1.82, 2.24) is 0 Å². The van der Waals surface area contributed by atoms with Gasteiger partial charge in [-0.3, -0.25) is 0 Å². The minimum absolute atomic E-state index is 0.696. The predicted molar refractivity (Wildman–Crippen MR) is 77.4 cm³/mol. The fourth-order valence-electron chi connectivity index (χ4n) is 1.77. The first kappa shape index (κ1) is 12.7. The van der Waals surface area contributed by atoms with Gasteiger partial charge in [-0.1, -0.05) is 28.1 Å². The monoisotopic (exact) mass is 300 g/mol. The summed E-state index contributed by atoms with van der Waals surface area (Å²) in [7, 11) is 0. The second-order valence-electron chi connectivity index (χ2n) is 4.12. The van der Waals surface area contributed by atoms with Crippen molar-refractivity contribution in [3.05, 3.63) is 63.6 Å². The molecule has 0 heterocycles. The molecule has 90 valence electrons. The zero-order valence-electron chi connectivity index (χ0n) is 10.1. The number of benzene rings is 2. The number of hydrogen-bond donors (Lipinski definition) is 1. The Morgan fingerprint density at radius 2 is 2.06 bits per heavy atom. The van der Waals surface area contributed by atoms with Gasteiger partial charge in [0.05, 0.1) is 11.6 Å². The Hall–Kier alpha value is -1.79. The van der Waals surface area contributed by atoms with Crippen molar-refractivity contribution >= 4 is 21.6 Å². The lowest BCUT2D eigenvalue weighted by molar-refractivity contribution is 1.14. The van der Waals surface area contributed by atoms with Gasteiger partial charge in [0, 0.05) is 16.7 Å². The third-order valence-electron chi connectivity index (χ3n) is 2.73. The topological polar surface area (TPSA) is 35.8 Å². The highest BCUT2D eigenvalue weighted by Crippen LogP contribution is 2.20. The normalized spacial score (nSPS) is 9.83. The maximum Gasteiger partial charge on any atom is 0.0991 e. The van der Waals surface area contributed by atoms with E-state index in [0.717, 1.165) is 22.3 Å². The molecular formula is C15H13BrN2. The van der Waals surface area contributed by atoms with Crippen molar-refractivity contribution in [3.8, 4) is 6.07 Å². The SMILES string of the molecule is Cc1cc(Br)ccc1NCc1cccc(C#N)c1.